The van der Waals surface area contributed by atoms with E-state index < -0.39 is 12.0 Å². The van der Waals surface area contributed by atoms with Gasteiger partial charge in [-0.1, -0.05) is 11.2 Å². The van der Waals surface area contributed by atoms with Crippen molar-refractivity contribution in [1.29, 1.82) is 0 Å². The van der Waals surface area contributed by atoms with E-state index in [-0.39, 0.29) is 29.5 Å². The number of aromatic nitrogens is 1. The summed E-state index contributed by atoms with van der Waals surface area (Å²) in [5.41, 5.74) is 0.621. The highest BCUT2D eigenvalue weighted by Crippen LogP contribution is 2.30. The molecular weight excluding hydrogens is 300 g/mol. The molecule has 0 aliphatic carbocycles. The number of hydrogen-bond acceptors (Lipinski definition) is 6. The molecule has 0 radical (unpaired) electrons. The van der Waals surface area contributed by atoms with Gasteiger partial charge in [0.05, 0.1) is 11.8 Å². The number of aromatic hydroxyl groups is 2. The van der Waals surface area contributed by atoms with Gasteiger partial charge >= 0.3 is 0 Å². The molecule has 1 saturated heterocycles. The molecule has 7 nitrogen and oxygen atoms in total. The Bertz CT molecular complexity index is 707. The lowest BCUT2D eigenvalue weighted by Gasteiger charge is -2.17. The third-order valence-electron chi connectivity index (χ3n) is 4.07. The molecule has 122 valence electrons. The van der Waals surface area contributed by atoms with Gasteiger partial charge < -0.3 is 24.7 Å². The zero-order valence-corrected chi connectivity index (χ0v) is 12.6. The molecule has 23 heavy (non-hydrogen) atoms. The maximum atomic E-state index is 12.5. The van der Waals surface area contributed by atoms with E-state index in [0.717, 1.165) is 5.69 Å². The molecule has 1 amide bonds. The van der Waals surface area contributed by atoms with Crippen LogP contribution in [0.15, 0.2) is 28.8 Å². The van der Waals surface area contributed by atoms with Gasteiger partial charge in [0.2, 0.25) is 0 Å². The third-order valence-corrected chi connectivity index (χ3v) is 4.07. The van der Waals surface area contributed by atoms with Crippen LogP contribution in [0.4, 0.5) is 0 Å². The SMILES string of the molecule is Cc1cc(C[C@@H]2CN(C(=O)c3c(O)cccc3O)C[C@H]2O)on1. The summed E-state index contributed by atoms with van der Waals surface area (Å²) in [5.74, 6) is -0.584. The van der Waals surface area contributed by atoms with E-state index in [1.807, 2.05) is 6.92 Å². The number of carbonyl (C=O) groups excluding carboxylic acids is 1. The van der Waals surface area contributed by atoms with Crippen LogP contribution in [0, 0.1) is 12.8 Å². The van der Waals surface area contributed by atoms with Crippen LogP contribution >= 0.6 is 0 Å². The fourth-order valence-electron chi connectivity index (χ4n) is 2.90. The van der Waals surface area contributed by atoms with Crippen molar-refractivity contribution in [3.8, 4) is 11.5 Å². The van der Waals surface area contributed by atoms with E-state index in [2.05, 4.69) is 5.16 Å². The number of β-amino-alcohol motifs (C(OH)–C–C–N with tert-alkyl or cyclic N) is 1. The van der Waals surface area contributed by atoms with Gasteiger partial charge in [-0.2, -0.15) is 0 Å². The minimum Gasteiger partial charge on any atom is -0.507 e. The molecule has 1 fully saturated rings. The lowest BCUT2D eigenvalue weighted by Crippen LogP contribution is -2.29. The Morgan fingerprint density at radius 3 is 2.65 bits per heavy atom. The number of phenolic OH excluding ortho intramolecular Hbond substituents is 2. The van der Waals surface area contributed by atoms with Crippen molar-refractivity contribution < 1.29 is 24.6 Å². The van der Waals surface area contributed by atoms with Gasteiger partial charge in [-0.25, -0.2) is 0 Å². The highest BCUT2D eigenvalue weighted by molar-refractivity contribution is 5.99. The van der Waals surface area contributed by atoms with E-state index in [1.165, 1.54) is 23.1 Å². The fraction of sp³-hybridized carbons (Fsp3) is 0.375. The minimum atomic E-state index is -0.697. The number of nitrogens with zero attached hydrogens (tertiary/aromatic N) is 2. The zero-order valence-electron chi connectivity index (χ0n) is 12.6. The fourth-order valence-corrected chi connectivity index (χ4v) is 2.90. The molecule has 2 aromatic rings. The van der Waals surface area contributed by atoms with Gasteiger partial charge in [-0.15, -0.1) is 0 Å². The number of likely N-dealkylation sites (tertiary alicyclic amines) is 1. The first-order valence-electron chi connectivity index (χ1n) is 7.36. The Morgan fingerprint density at radius 2 is 2.04 bits per heavy atom. The predicted molar refractivity (Wildman–Crippen MR) is 80.1 cm³/mol. The monoisotopic (exact) mass is 318 g/mol. The van der Waals surface area contributed by atoms with Crippen molar-refractivity contribution in [2.75, 3.05) is 13.1 Å². The van der Waals surface area contributed by atoms with E-state index in [1.54, 1.807) is 6.07 Å². The molecule has 7 heteroatoms. The molecule has 0 unspecified atom stereocenters. The quantitative estimate of drug-likeness (QED) is 0.781. The third kappa shape index (κ3) is 3.00. The second kappa shape index (κ2) is 5.92. The van der Waals surface area contributed by atoms with E-state index in [4.69, 9.17) is 4.52 Å². The lowest BCUT2D eigenvalue weighted by atomic mass is 10.0. The summed E-state index contributed by atoms with van der Waals surface area (Å²) in [4.78, 5) is 13.9. The number of carbonyl (C=O) groups is 1. The van der Waals surface area contributed by atoms with Gasteiger partial charge in [-0.05, 0) is 19.1 Å². The van der Waals surface area contributed by atoms with Crippen molar-refractivity contribution >= 4 is 5.91 Å². The molecule has 1 aliphatic rings. The summed E-state index contributed by atoms with van der Waals surface area (Å²) in [6.07, 6.45) is -0.226. The van der Waals surface area contributed by atoms with Gasteiger partial charge in [0.25, 0.3) is 5.91 Å². The maximum absolute atomic E-state index is 12.5. The number of benzene rings is 1. The largest absolute Gasteiger partial charge is 0.507 e. The van der Waals surface area contributed by atoms with Crippen LogP contribution < -0.4 is 0 Å². The molecule has 2 heterocycles. The highest BCUT2D eigenvalue weighted by Gasteiger charge is 2.36. The Labute approximate surface area is 132 Å². The average Bonchev–Trinajstić information content (AvgIpc) is 3.06. The normalized spacial score (nSPS) is 20.9. The second-order valence-electron chi connectivity index (χ2n) is 5.85. The van der Waals surface area contributed by atoms with Crippen molar-refractivity contribution in [1.82, 2.24) is 10.1 Å². The van der Waals surface area contributed by atoms with Crippen LogP contribution in [0.2, 0.25) is 0 Å². The number of aryl methyl sites for hydroxylation is 1. The van der Waals surface area contributed by atoms with Crippen LogP contribution in [0.5, 0.6) is 11.5 Å². The summed E-state index contributed by atoms with van der Waals surface area (Å²) in [5, 5.41) is 33.6. The van der Waals surface area contributed by atoms with E-state index in [0.29, 0.717) is 18.7 Å². The Balaban J connectivity index is 1.74. The maximum Gasteiger partial charge on any atom is 0.261 e. The van der Waals surface area contributed by atoms with Gasteiger partial charge in [0.15, 0.2) is 0 Å². The van der Waals surface area contributed by atoms with Crippen molar-refractivity contribution in [3.63, 3.8) is 0 Å². The van der Waals surface area contributed by atoms with Crippen molar-refractivity contribution in [2.24, 2.45) is 5.92 Å². The molecule has 0 saturated carbocycles. The number of amides is 1. The number of rotatable bonds is 3. The first-order chi connectivity index (χ1) is 11.0. The standard InChI is InChI=1S/C16H18N2O5/c1-9-5-11(23-17-9)6-10-7-18(8-14(10)21)16(22)15-12(19)3-2-4-13(15)20/h2-5,10,14,19-21H,6-8H2,1H3/t10-,14-/m1/s1. The summed E-state index contributed by atoms with van der Waals surface area (Å²) >= 11 is 0. The Kier molecular flexibility index (Phi) is 3.96. The van der Waals surface area contributed by atoms with Crippen LogP contribution in [0.1, 0.15) is 21.8 Å². The lowest BCUT2D eigenvalue weighted by molar-refractivity contribution is 0.0758. The zero-order chi connectivity index (χ0) is 16.6. The topological polar surface area (TPSA) is 107 Å². The van der Waals surface area contributed by atoms with E-state index in [9.17, 15) is 20.1 Å². The Morgan fingerprint density at radius 1 is 1.35 bits per heavy atom. The molecular formula is C16H18N2O5. The minimum absolute atomic E-state index is 0.143. The average molecular weight is 318 g/mol. The molecule has 2 atom stereocenters. The predicted octanol–water partition coefficient (Wildman–Crippen LogP) is 1.07. The van der Waals surface area contributed by atoms with Gasteiger partial charge in [-0.3, -0.25) is 4.79 Å². The highest BCUT2D eigenvalue weighted by atomic mass is 16.5. The van der Waals surface area contributed by atoms with Crippen molar-refractivity contribution in [3.05, 3.63) is 41.3 Å². The first-order valence-corrected chi connectivity index (χ1v) is 7.36. The molecule has 0 bridgehead atoms. The second-order valence-corrected chi connectivity index (χ2v) is 5.85. The molecule has 0 spiro atoms. The number of phenols is 2. The van der Waals surface area contributed by atoms with Crippen LogP contribution in [-0.2, 0) is 6.42 Å². The van der Waals surface area contributed by atoms with E-state index >= 15 is 0 Å². The molecule has 1 aromatic heterocycles. The number of hydrogen-bond donors (Lipinski definition) is 3. The van der Waals surface area contributed by atoms with Crippen LogP contribution in [0.3, 0.4) is 0 Å². The molecule has 1 aliphatic heterocycles. The van der Waals surface area contributed by atoms with Crippen LogP contribution in [-0.4, -0.2) is 50.5 Å². The number of aliphatic hydroxyl groups excluding tert-OH is 1. The van der Waals surface area contributed by atoms with Crippen molar-refractivity contribution in [2.45, 2.75) is 19.4 Å². The van der Waals surface area contributed by atoms with Crippen LogP contribution in [0.25, 0.3) is 0 Å². The summed E-state index contributed by atoms with van der Waals surface area (Å²) < 4.78 is 5.15. The van der Waals surface area contributed by atoms with Gasteiger partial charge in [0.1, 0.15) is 22.8 Å². The number of aliphatic hydroxyl groups is 1. The molecule has 3 rings (SSSR count). The summed E-state index contributed by atoms with van der Waals surface area (Å²) in [6, 6.07) is 5.93. The molecule has 3 N–H and O–H groups in total. The van der Waals surface area contributed by atoms with Gasteiger partial charge in [0, 0.05) is 31.5 Å². The molecule has 1 aromatic carbocycles. The smallest absolute Gasteiger partial charge is 0.261 e. The summed E-state index contributed by atoms with van der Waals surface area (Å²) in [6.45, 7) is 2.27. The summed E-state index contributed by atoms with van der Waals surface area (Å²) in [7, 11) is 0. The Hall–Kier alpha value is -2.54. The first kappa shape index (κ1) is 15.4.